The number of sulfone groups is 1. The summed E-state index contributed by atoms with van der Waals surface area (Å²) >= 11 is 0. The fourth-order valence-electron chi connectivity index (χ4n) is 2.88. The van der Waals surface area contributed by atoms with Gasteiger partial charge in [0.05, 0.1) is 11.5 Å². The lowest BCUT2D eigenvalue weighted by Gasteiger charge is -2.21. The summed E-state index contributed by atoms with van der Waals surface area (Å²) in [5.74, 6) is 0.665. The van der Waals surface area contributed by atoms with Crippen LogP contribution in [0.25, 0.3) is 0 Å². The molecule has 2 rings (SSSR count). The van der Waals surface area contributed by atoms with Crippen molar-refractivity contribution < 1.29 is 13.2 Å². The predicted octanol–water partition coefficient (Wildman–Crippen LogP) is 0.205. The van der Waals surface area contributed by atoms with Crippen LogP contribution in [0.1, 0.15) is 26.2 Å². The van der Waals surface area contributed by atoms with Gasteiger partial charge in [0, 0.05) is 19.1 Å². The van der Waals surface area contributed by atoms with E-state index in [2.05, 4.69) is 22.5 Å². The van der Waals surface area contributed by atoms with Gasteiger partial charge in [-0.2, -0.15) is 0 Å². The monoisotopic (exact) mass is 303 g/mol. The molecule has 2 heterocycles. The fraction of sp³-hybridized carbons (Fsp3) is 0.923. The van der Waals surface area contributed by atoms with Crippen LogP contribution in [0, 0.1) is 5.92 Å². The largest absolute Gasteiger partial charge is 0.338 e. The zero-order valence-electron chi connectivity index (χ0n) is 12.1. The summed E-state index contributed by atoms with van der Waals surface area (Å²) in [5.41, 5.74) is 0. The van der Waals surface area contributed by atoms with Gasteiger partial charge in [-0.05, 0) is 38.3 Å². The average molecular weight is 303 g/mol. The van der Waals surface area contributed by atoms with Crippen molar-refractivity contribution in [2.45, 2.75) is 32.2 Å². The van der Waals surface area contributed by atoms with Gasteiger partial charge in [0.1, 0.15) is 0 Å². The van der Waals surface area contributed by atoms with Crippen molar-refractivity contribution in [1.82, 2.24) is 15.5 Å². The van der Waals surface area contributed by atoms with E-state index in [1.54, 1.807) is 0 Å². The van der Waals surface area contributed by atoms with Crippen LogP contribution in [-0.4, -0.2) is 63.1 Å². The van der Waals surface area contributed by atoms with Gasteiger partial charge in [0.25, 0.3) is 0 Å². The summed E-state index contributed by atoms with van der Waals surface area (Å²) in [6, 6.07) is -0.478. The highest BCUT2D eigenvalue weighted by Crippen LogP contribution is 2.11. The lowest BCUT2D eigenvalue weighted by Crippen LogP contribution is -2.44. The second kappa shape index (κ2) is 6.76. The van der Waals surface area contributed by atoms with Gasteiger partial charge in [0.15, 0.2) is 9.84 Å². The summed E-state index contributed by atoms with van der Waals surface area (Å²) < 4.78 is 22.6. The molecule has 20 heavy (non-hydrogen) atoms. The Balaban J connectivity index is 1.62. The Hall–Kier alpha value is -0.820. The lowest BCUT2D eigenvalue weighted by molar-refractivity contribution is 0.232. The highest BCUT2D eigenvalue weighted by molar-refractivity contribution is 7.91. The highest BCUT2D eigenvalue weighted by atomic mass is 32.2. The quantitative estimate of drug-likeness (QED) is 0.761. The molecular formula is C13H25N3O3S. The maximum atomic E-state index is 11.7. The third-order valence-corrected chi connectivity index (χ3v) is 5.72. The van der Waals surface area contributed by atoms with E-state index in [1.807, 2.05) is 0 Å². The maximum absolute atomic E-state index is 11.7. The first-order chi connectivity index (χ1) is 9.44. The molecular weight excluding hydrogens is 278 g/mol. The van der Waals surface area contributed by atoms with Crippen LogP contribution in [-0.2, 0) is 9.84 Å². The Morgan fingerprint density at radius 2 is 2.05 bits per heavy atom. The first-order valence-electron chi connectivity index (χ1n) is 7.42. The lowest BCUT2D eigenvalue weighted by atomic mass is 10.1. The minimum absolute atomic E-state index is 0.0732. The first-order valence-corrected chi connectivity index (χ1v) is 9.24. The number of carbonyl (C=O) groups excluding carboxylic acids is 1. The minimum atomic E-state index is -2.94. The van der Waals surface area contributed by atoms with Crippen molar-refractivity contribution in [3.63, 3.8) is 0 Å². The molecule has 7 heteroatoms. The molecule has 0 saturated carbocycles. The Kier molecular flexibility index (Phi) is 5.26. The molecule has 0 aliphatic carbocycles. The molecule has 0 aromatic rings. The van der Waals surface area contributed by atoms with Gasteiger partial charge >= 0.3 is 6.03 Å². The molecule has 116 valence electrons. The first kappa shape index (κ1) is 15.6. The molecule has 2 aliphatic rings. The number of urea groups is 1. The van der Waals surface area contributed by atoms with Gasteiger partial charge in [-0.15, -0.1) is 0 Å². The van der Waals surface area contributed by atoms with Crippen LogP contribution in [0.2, 0.25) is 0 Å². The van der Waals surface area contributed by atoms with Gasteiger partial charge in [-0.3, -0.25) is 0 Å². The molecule has 2 N–H and O–H groups in total. The van der Waals surface area contributed by atoms with Crippen molar-refractivity contribution >= 4 is 15.9 Å². The number of likely N-dealkylation sites (tertiary alicyclic amines) is 1. The minimum Gasteiger partial charge on any atom is -0.338 e. The third kappa shape index (κ3) is 4.94. The molecule has 0 radical (unpaired) electrons. The van der Waals surface area contributed by atoms with Gasteiger partial charge in [-0.25, -0.2) is 13.2 Å². The van der Waals surface area contributed by atoms with Crippen LogP contribution in [0.15, 0.2) is 0 Å². The van der Waals surface area contributed by atoms with Crippen molar-refractivity contribution in [3.8, 4) is 0 Å². The second-order valence-electron chi connectivity index (χ2n) is 6.07. The van der Waals surface area contributed by atoms with Crippen molar-refractivity contribution in [2.24, 2.45) is 5.92 Å². The van der Waals surface area contributed by atoms with Gasteiger partial charge in [-0.1, -0.05) is 6.92 Å². The van der Waals surface area contributed by atoms with E-state index in [0.717, 1.165) is 19.6 Å². The molecule has 0 aromatic carbocycles. The van der Waals surface area contributed by atoms with Gasteiger partial charge < -0.3 is 15.5 Å². The molecule has 0 spiro atoms. The van der Waals surface area contributed by atoms with E-state index in [1.165, 1.54) is 12.8 Å². The van der Waals surface area contributed by atoms with E-state index in [-0.39, 0.29) is 23.6 Å². The highest BCUT2D eigenvalue weighted by Gasteiger charge is 2.28. The smallest absolute Gasteiger partial charge is 0.315 e. The molecule has 2 amide bonds. The Morgan fingerprint density at radius 3 is 2.65 bits per heavy atom. The van der Waals surface area contributed by atoms with Gasteiger partial charge in [0.2, 0.25) is 0 Å². The molecule has 0 unspecified atom stereocenters. The van der Waals surface area contributed by atoms with Crippen LogP contribution < -0.4 is 10.6 Å². The predicted molar refractivity (Wildman–Crippen MR) is 78.4 cm³/mol. The van der Waals surface area contributed by atoms with E-state index in [9.17, 15) is 13.2 Å². The van der Waals surface area contributed by atoms with Crippen LogP contribution >= 0.6 is 0 Å². The topological polar surface area (TPSA) is 78.5 Å². The summed E-state index contributed by atoms with van der Waals surface area (Å²) in [6.45, 7) is 6.09. The molecule has 6 nitrogen and oxygen atoms in total. The van der Waals surface area contributed by atoms with Crippen molar-refractivity contribution in [1.29, 1.82) is 0 Å². The van der Waals surface area contributed by atoms with Crippen molar-refractivity contribution in [3.05, 3.63) is 0 Å². The number of nitrogens with one attached hydrogen (secondary N) is 2. The zero-order chi connectivity index (χ0) is 14.6. The van der Waals surface area contributed by atoms with Crippen LogP contribution in [0.5, 0.6) is 0 Å². The normalized spacial score (nSPS) is 27.4. The molecule has 0 bridgehead atoms. The SMILES string of the molecule is C[C@@H](CNC(=O)N[C@@H]1CCS(=O)(=O)C1)CN1CCCC1. The van der Waals surface area contributed by atoms with E-state index < -0.39 is 9.84 Å². The Labute approximate surface area is 121 Å². The summed E-state index contributed by atoms with van der Waals surface area (Å²) in [5, 5.41) is 5.58. The second-order valence-corrected chi connectivity index (χ2v) is 8.30. The summed E-state index contributed by atoms with van der Waals surface area (Å²) in [7, 11) is -2.94. The van der Waals surface area contributed by atoms with Crippen molar-refractivity contribution in [2.75, 3.05) is 37.7 Å². The maximum Gasteiger partial charge on any atom is 0.315 e. The van der Waals surface area contributed by atoms with E-state index >= 15 is 0 Å². The van der Waals surface area contributed by atoms with E-state index in [0.29, 0.717) is 18.9 Å². The average Bonchev–Trinajstić information content (AvgIpc) is 2.97. The number of carbonyl (C=O) groups is 1. The van der Waals surface area contributed by atoms with Crippen LogP contribution in [0.4, 0.5) is 4.79 Å². The molecule has 2 aliphatic heterocycles. The Bertz CT molecular complexity index is 432. The molecule has 2 fully saturated rings. The standard InChI is InChI=1S/C13H25N3O3S/c1-11(9-16-5-2-3-6-16)8-14-13(17)15-12-4-7-20(18,19)10-12/h11-12H,2-10H2,1H3,(H2,14,15,17)/t11-,12+/m0/s1. The molecule has 2 atom stereocenters. The number of rotatable bonds is 5. The molecule has 2 saturated heterocycles. The number of nitrogens with zero attached hydrogens (tertiary/aromatic N) is 1. The zero-order valence-corrected chi connectivity index (χ0v) is 12.9. The molecule has 0 aromatic heterocycles. The summed E-state index contributed by atoms with van der Waals surface area (Å²) in [4.78, 5) is 14.1. The fourth-order valence-corrected chi connectivity index (χ4v) is 4.56. The Morgan fingerprint density at radius 1 is 1.35 bits per heavy atom. The number of hydrogen-bond donors (Lipinski definition) is 2. The third-order valence-electron chi connectivity index (χ3n) is 3.95. The van der Waals surface area contributed by atoms with Crippen LogP contribution in [0.3, 0.4) is 0 Å². The van der Waals surface area contributed by atoms with E-state index in [4.69, 9.17) is 0 Å². The number of amides is 2. The summed E-state index contributed by atoms with van der Waals surface area (Å²) in [6.07, 6.45) is 3.08. The number of hydrogen-bond acceptors (Lipinski definition) is 4.